The molecule has 0 radical (unpaired) electrons. The van der Waals surface area contributed by atoms with Crippen LogP contribution in [0.1, 0.15) is 5.56 Å². The summed E-state index contributed by atoms with van der Waals surface area (Å²) in [5, 5.41) is 9.10. The van der Waals surface area contributed by atoms with Gasteiger partial charge in [0, 0.05) is 12.6 Å². The highest BCUT2D eigenvalue weighted by atomic mass is 16.6. The van der Waals surface area contributed by atoms with Gasteiger partial charge in [-0.25, -0.2) is 0 Å². The summed E-state index contributed by atoms with van der Waals surface area (Å²) in [7, 11) is 3.04. The van der Waals surface area contributed by atoms with Crippen LogP contribution in [0.5, 0.6) is 11.5 Å². The lowest BCUT2D eigenvalue weighted by Gasteiger charge is -2.28. The van der Waals surface area contributed by atoms with Crippen LogP contribution in [0.25, 0.3) is 0 Å². The van der Waals surface area contributed by atoms with Crippen molar-refractivity contribution in [2.45, 2.75) is 12.6 Å². The van der Waals surface area contributed by atoms with Gasteiger partial charge in [-0.05, 0) is 17.7 Å². The molecule has 1 aliphatic rings. The van der Waals surface area contributed by atoms with Gasteiger partial charge < -0.3 is 29.0 Å². The predicted octanol–water partition coefficient (Wildman–Crippen LogP) is 0.532. The van der Waals surface area contributed by atoms with Crippen molar-refractivity contribution in [2.75, 3.05) is 40.6 Å². The molecule has 1 amide bonds. The van der Waals surface area contributed by atoms with E-state index in [1.54, 1.807) is 18.2 Å². The molecule has 2 rings (SSSR count). The monoisotopic (exact) mass is 339 g/mol. The number of aliphatic carboxylic acids is 1. The summed E-state index contributed by atoms with van der Waals surface area (Å²) in [5.41, 5.74) is 0.692. The molecule has 1 unspecified atom stereocenters. The first kappa shape index (κ1) is 18.0. The highest BCUT2D eigenvalue weighted by Crippen LogP contribution is 2.23. The van der Waals surface area contributed by atoms with Crippen LogP contribution in [-0.2, 0) is 25.6 Å². The first-order chi connectivity index (χ1) is 11.5. The van der Waals surface area contributed by atoms with E-state index < -0.39 is 24.5 Å². The summed E-state index contributed by atoms with van der Waals surface area (Å²) in [6, 6.07) is 5.15. The van der Waals surface area contributed by atoms with Crippen molar-refractivity contribution >= 4 is 11.9 Å². The third-order valence-corrected chi connectivity index (χ3v) is 3.51. The molecule has 1 N–H and O–H groups in total. The number of carbonyl (C=O) groups is 2. The van der Waals surface area contributed by atoms with E-state index in [1.165, 1.54) is 19.1 Å². The summed E-state index contributed by atoms with van der Waals surface area (Å²) in [6.45, 7) is 0.521. The van der Waals surface area contributed by atoms with E-state index in [1.807, 2.05) is 0 Å². The van der Waals surface area contributed by atoms with Crippen molar-refractivity contribution in [3.8, 4) is 11.5 Å². The van der Waals surface area contributed by atoms with Crippen molar-refractivity contribution in [2.24, 2.45) is 0 Å². The molecule has 8 nitrogen and oxygen atoms in total. The fourth-order valence-electron chi connectivity index (χ4n) is 2.39. The van der Waals surface area contributed by atoms with Crippen molar-refractivity contribution in [1.82, 2.24) is 4.90 Å². The summed E-state index contributed by atoms with van der Waals surface area (Å²) < 4.78 is 21.0. The van der Waals surface area contributed by atoms with Gasteiger partial charge in [-0.15, -0.1) is 0 Å². The molecule has 1 atom stereocenters. The van der Waals surface area contributed by atoms with E-state index in [-0.39, 0.29) is 13.2 Å². The van der Waals surface area contributed by atoms with E-state index >= 15 is 0 Å². The molecule has 1 aromatic rings. The number of hydrogen-bond donors (Lipinski definition) is 1. The quantitative estimate of drug-likeness (QED) is 0.774. The number of carbonyl (C=O) groups excluding carboxylic acids is 1. The number of carboxylic acids is 1. The van der Waals surface area contributed by atoms with Gasteiger partial charge in [-0.1, -0.05) is 0 Å². The number of methoxy groups -OCH3 is 2. The van der Waals surface area contributed by atoms with Gasteiger partial charge >= 0.3 is 5.97 Å². The van der Waals surface area contributed by atoms with Crippen LogP contribution in [0.2, 0.25) is 0 Å². The average Bonchev–Trinajstić information content (AvgIpc) is 2.60. The zero-order chi connectivity index (χ0) is 17.5. The lowest BCUT2D eigenvalue weighted by molar-refractivity contribution is -0.162. The number of rotatable bonds is 7. The minimum Gasteiger partial charge on any atom is -0.497 e. The number of amides is 1. The maximum atomic E-state index is 12.5. The molecule has 0 bridgehead atoms. The molecule has 1 heterocycles. The lowest BCUT2D eigenvalue weighted by Crippen LogP contribution is -2.46. The van der Waals surface area contributed by atoms with Crippen LogP contribution in [0, 0.1) is 0 Å². The number of ether oxygens (including phenoxy) is 4. The normalized spacial score (nSPS) is 17.2. The summed E-state index contributed by atoms with van der Waals surface area (Å²) >= 11 is 0. The predicted molar refractivity (Wildman–Crippen MR) is 83.2 cm³/mol. The summed E-state index contributed by atoms with van der Waals surface area (Å²) in [5.74, 6) is -0.400. The van der Waals surface area contributed by atoms with E-state index in [0.717, 1.165) is 0 Å². The Morgan fingerprint density at radius 2 is 1.88 bits per heavy atom. The molecule has 132 valence electrons. The van der Waals surface area contributed by atoms with Gasteiger partial charge in [0.05, 0.1) is 34.0 Å². The second-order valence-electron chi connectivity index (χ2n) is 5.24. The van der Waals surface area contributed by atoms with Crippen molar-refractivity contribution in [3.05, 3.63) is 23.8 Å². The van der Waals surface area contributed by atoms with Gasteiger partial charge in [0.25, 0.3) is 5.91 Å². The molecule has 1 aliphatic heterocycles. The van der Waals surface area contributed by atoms with Gasteiger partial charge in [0.1, 0.15) is 18.0 Å². The maximum absolute atomic E-state index is 12.5. The second kappa shape index (κ2) is 8.51. The Hall–Kier alpha value is -2.32. The number of hydrogen-bond acceptors (Lipinski definition) is 6. The Morgan fingerprint density at radius 3 is 2.38 bits per heavy atom. The first-order valence-electron chi connectivity index (χ1n) is 7.45. The second-order valence-corrected chi connectivity index (χ2v) is 5.24. The fraction of sp³-hybridized carbons (Fsp3) is 0.500. The molecule has 1 aromatic carbocycles. The molecule has 0 saturated carbocycles. The SMILES string of the molecule is COc1cc(CN(CC(=O)O)C(=O)C2COCCO2)cc(OC)c1. The van der Waals surface area contributed by atoms with Gasteiger partial charge in [0.2, 0.25) is 0 Å². The van der Waals surface area contributed by atoms with E-state index in [0.29, 0.717) is 30.3 Å². The summed E-state index contributed by atoms with van der Waals surface area (Å²) in [4.78, 5) is 24.9. The number of benzene rings is 1. The van der Waals surface area contributed by atoms with Crippen LogP contribution < -0.4 is 9.47 Å². The molecule has 8 heteroatoms. The zero-order valence-corrected chi connectivity index (χ0v) is 13.7. The van der Waals surface area contributed by atoms with Crippen LogP contribution in [0.15, 0.2) is 18.2 Å². The Balaban J connectivity index is 2.18. The minimum atomic E-state index is -1.10. The average molecular weight is 339 g/mol. The first-order valence-corrected chi connectivity index (χ1v) is 7.45. The Labute approximate surface area is 139 Å². The van der Waals surface area contributed by atoms with Gasteiger partial charge in [-0.3, -0.25) is 9.59 Å². The van der Waals surface area contributed by atoms with Crippen LogP contribution in [-0.4, -0.2) is 68.6 Å². The highest BCUT2D eigenvalue weighted by Gasteiger charge is 2.29. The third-order valence-electron chi connectivity index (χ3n) is 3.51. The zero-order valence-electron chi connectivity index (χ0n) is 13.7. The van der Waals surface area contributed by atoms with Crippen LogP contribution >= 0.6 is 0 Å². The molecule has 0 aliphatic carbocycles. The van der Waals surface area contributed by atoms with Gasteiger partial charge in [-0.2, -0.15) is 0 Å². The standard InChI is InChI=1S/C16H21NO7/c1-21-12-5-11(6-13(7-12)22-2)8-17(9-15(18)19)16(20)14-10-23-3-4-24-14/h5-7,14H,3-4,8-10H2,1-2H3,(H,18,19). The molecule has 1 saturated heterocycles. The smallest absolute Gasteiger partial charge is 0.323 e. The Bertz CT molecular complexity index is 562. The maximum Gasteiger partial charge on any atom is 0.323 e. The van der Waals surface area contributed by atoms with Crippen molar-refractivity contribution in [3.63, 3.8) is 0 Å². The van der Waals surface area contributed by atoms with Gasteiger partial charge in [0.15, 0.2) is 6.10 Å². The van der Waals surface area contributed by atoms with E-state index in [4.69, 9.17) is 24.1 Å². The molecular weight excluding hydrogens is 318 g/mol. The molecule has 24 heavy (non-hydrogen) atoms. The fourth-order valence-corrected chi connectivity index (χ4v) is 2.39. The van der Waals surface area contributed by atoms with E-state index in [2.05, 4.69) is 0 Å². The highest BCUT2D eigenvalue weighted by molar-refractivity contribution is 5.84. The van der Waals surface area contributed by atoms with Crippen LogP contribution in [0.4, 0.5) is 0 Å². The minimum absolute atomic E-state index is 0.0958. The molecule has 0 aromatic heterocycles. The largest absolute Gasteiger partial charge is 0.497 e. The number of nitrogens with zero attached hydrogens (tertiary/aromatic N) is 1. The van der Waals surface area contributed by atoms with E-state index in [9.17, 15) is 9.59 Å². The Morgan fingerprint density at radius 1 is 1.21 bits per heavy atom. The molecule has 1 fully saturated rings. The molecule has 0 spiro atoms. The number of carboxylic acid groups (broad SMARTS) is 1. The molecular formula is C16H21NO7. The van der Waals surface area contributed by atoms with Crippen LogP contribution in [0.3, 0.4) is 0 Å². The van der Waals surface area contributed by atoms with Crippen molar-refractivity contribution in [1.29, 1.82) is 0 Å². The Kier molecular flexibility index (Phi) is 6.39. The van der Waals surface area contributed by atoms with Crippen molar-refractivity contribution < 1.29 is 33.6 Å². The summed E-state index contributed by atoms with van der Waals surface area (Å²) in [6.07, 6.45) is -0.786. The third kappa shape index (κ3) is 4.84. The topological polar surface area (TPSA) is 94.5 Å². The lowest BCUT2D eigenvalue weighted by atomic mass is 10.1.